The molecular weight excluding hydrogens is 476 g/mol. The molecule has 0 aliphatic rings. The lowest BCUT2D eigenvalue weighted by Crippen LogP contribution is -2.09. The highest BCUT2D eigenvalue weighted by Gasteiger charge is 2.35. The molecule has 176 valence electrons. The highest BCUT2D eigenvalue weighted by atomic mass is 31.2. The van der Waals surface area contributed by atoms with Crippen molar-refractivity contribution in [2.24, 2.45) is 0 Å². The molecule has 0 amide bonds. The van der Waals surface area contributed by atoms with Crippen molar-refractivity contribution in [3.63, 3.8) is 0 Å². The third kappa shape index (κ3) is 4.96. The van der Waals surface area contributed by atoms with Gasteiger partial charge in [-0.1, -0.05) is 72.8 Å². The van der Waals surface area contributed by atoms with Crippen LogP contribution in [0.5, 0.6) is 17.2 Å². The van der Waals surface area contributed by atoms with Gasteiger partial charge in [0.25, 0.3) is 0 Å². The number of halogens is 3. The Kier molecular flexibility index (Phi) is 5.87. The molecule has 0 saturated carbocycles. The van der Waals surface area contributed by atoms with Gasteiger partial charge in [0.05, 0.1) is 5.56 Å². The fraction of sp³-hybridized carbons (Fsp3) is 0.0370. The Labute approximate surface area is 199 Å². The van der Waals surface area contributed by atoms with E-state index in [0.29, 0.717) is 10.8 Å². The summed E-state index contributed by atoms with van der Waals surface area (Å²) in [6.45, 7) is 0. The lowest BCUT2D eigenvalue weighted by atomic mass is 10.1. The van der Waals surface area contributed by atoms with Crippen molar-refractivity contribution < 1.29 is 31.3 Å². The van der Waals surface area contributed by atoms with Crippen molar-refractivity contribution in [3.8, 4) is 17.2 Å². The summed E-state index contributed by atoms with van der Waals surface area (Å²) in [7, 11) is -4.43. The zero-order valence-electron chi connectivity index (χ0n) is 18.1. The molecule has 0 spiro atoms. The van der Waals surface area contributed by atoms with Crippen molar-refractivity contribution in [3.05, 3.63) is 115 Å². The van der Waals surface area contributed by atoms with Crippen LogP contribution >= 0.6 is 7.82 Å². The van der Waals surface area contributed by atoms with Crippen LogP contribution in [0, 0.1) is 0 Å². The van der Waals surface area contributed by atoms with E-state index in [9.17, 15) is 17.7 Å². The van der Waals surface area contributed by atoms with Gasteiger partial charge in [0.15, 0.2) is 0 Å². The van der Waals surface area contributed by atoms with Crippen LogP contribution in [0.15, 0.2) is 109 Å². The highest BCUT2D eigenvalue weighted by molar-refractivity contribution is 7.49. The number of phosphoric acid groups is 1. The minimum atomic E-state index is -4.51. The Bertz CT molecular complexity index is 1450. The van der Waals surface area contributed by atoms with Crippen molar-refractivity contribution in [1.29, 1.82) is 0 Å². The normalized spacial score (nSPS) is 12.0. The largest absolute Gasteiger partial charge is 0.647 e. The van der Waals surface area contributed by atoms with Gasteiger partial charge in [-0.25, -0.2) is 0 Å². The number of alkyl halides is 3. The number of hydrogen-bond acceptors (Lipinski definition) is 4. The third-order valence-electron chi connectivity index (χ3n) is 5.32. The fourth-order valence-corrected chi connectivity index (χ4v) is 4.97. The van der Waals surface area contributed by atoms with E-state index >= 15 is 0 Å². The summed E-state index contributed by atoms with van der Waals surface area (Å²) in [5.74, 6) is 0.402. The minimum Gasteiger partial charge on any atom is -0.386 e. The highest BCUT2D eigenvalue weighted by Crippen LogP contribution is 2.52. The van der Waals surface area contributed by atoms with Crippen LogP contribution in [-0.4, -0.2) is 0 Å². The van der Waals surface area contributed by atoms with E-state index in [0.717, 1.165) is 35.0 Å². The Balaban J connectivity index is 1.55. The maximum atomic E-state index is 14.0. The number of phosphoric ester groups is 1. The van der Waals surface area contributed by atoms with Crippen LogP contribution < -0.4 is 13.6 Å². The summed E-state index contributed by atoms with van der Waals surface area (Å²) in [4.78, 5) is 0. The molecule has 5 aromatic rings. The molecule has 5 aromatic carbocycles. The van der Waals surface area contributed by atoms with Crippen LogP contribution in [0.1, 0.15) is 5.56 Å². The van der Waals surface area contributed by atoms with E-state index in [-0.39, 0.29) is 17.2 Å². The van der Waals surface area contributed by atoms with Gasteiger partial charge in [-0.2, -0.15) is 17.7 Å². The molecule has 0 aromatic heterocycles. The zero-order chi connectivity index (χ0) is 24.5. The van der Waals surface area contributed by atoms with Crippen molar-refractivity contribution in [2.45, 2.75) is 6.18 Å². The Morgan fingerprint density at radius 2 is 1.00 bits per heavy atom. The van der Waals surface area contributed by atoms with Crippen LogP contribution in [0.4, 0.5) is 13.2 Å². The SMILES string of the molecule is O=P(Oc1ccc(C(F)(F)F)cc1)(Oc1cccc2ccccc12)Oc1cccc2ccccc12. The maximum Gasteiger partial charge on any atom is 0.647 e. The van der Waals surface area contributed by atoms with Gasteiger partial charge in [0.2, 0.25) is 0 Å². The summed E-state index contributed by atoms with van der Waals surface area (Å²) in [6, 6.07) is 29.0. The molecule has 0 saturated heterocycles. The van der Waals surface area contributed by atoms with Crippen molar-refractivity contribution in [2.75, 3.05) is 0 Å². The lowest BCUT2D eigenvalue weighted by molar-refractivity contribution is -0.137. The predicted molar refractivity (Wildman–Crippen MR) is 129 cm³/mol. The van der Waals surface area contributed by atoms with Gasteiger partial charge >= 0.3 is 14.0 Å². The average molecular weight is 494 g/mol. The number of benzene rings is 5. The first-order valence-electron chi connectivity index (χ1n) is 10.6. The standard InChI is InChI=1S/C27H18F3O4P/c28-27(29,30)21-15-17-22(18-16-21)32-35(31,33-25-13-5-9-19-7-1-3-11-23(19)25)34-26-14-6-10-20-8-2-4-12-24(20)26/h1-18H. The molecule has 0 fully saturated rings. The summed E-state index contributed by atoms with van der Waals surface area (Å²) < 4.78 is 70.3. The summed E-state index contributed by atoms with van der Waals surface area (Å²) in [6.07, 6.45) is -4.51. The molecule has 35 heavy (non-hydrogen) atoms. The fourth-order valence-electron chi connectivity index (χ4n) is 3.68. The molecule has 0 aliphatic carbocycles. The third-order valence-corrected chi connectivity index (χ3v) is 6.59. The minimum absolute atomic E-state index is 0.0955. The Hall–Kier alpha value is -3.96. The number of hydrogen-bond donors (Lipinski definition) is 0. The topological polar surface area (TPSA) is 44.8 Å². The van der Waals surface area contributed by atoms with E-state index in [1.54, 1.807) is 36.4 Å². The van der Waals surface area contributed by atoms with Crippen LogP contribution in [0.3, 0.4) is 0 Å². The second-order valence-electron chi connectivity index (χ2n) is 7.70. The molecule has 0 unspecified atom stereocenters. The predicted octanol–water partition coefficient (Wildman–Crippen LogP) is 8.66. The average Bonchev–Trinajstić information content (AvgIpc) is 2.84. The van der Waals surface area contributed by atoms with Crippen molar-refractivity contribution in [1.82, 2.24) is 0 Å². The van der Waals surface area contributed by atoms with Gasteiger partial charge in [0.1, 0.15) is 17.2 Å². The smallest absolute Gasteiger partial charge is 0.386 e. The number of fused-ring (bicyclic) bond motifs is 2. The van der Waals surface area contributed by atoms with Crippen LogP contribution in [0.2, 0.25) is 0 Å². The molecule has 0 radical (unpaired) electrons. The van der Waals surface area contributed by atoms with E-state index in [2.05, 4.69) is 0 Å². The molecular formula is C27H18F3O4P. The van der Waals surface area contributed by atoms with E-state index in [1.807, 2.05) is 48.5 Å². The molecule has 0 bridgehead atoms. The Morgan fingerprint density at radius 1 is 0.543 bits per heavy atom. The first-order valence-corrected chi connectivity index (χ1v) is 12.1. The Morgan fingerprint density at radius 3 is 1.49 bits per heavy atom. The quantitative estimate of drug-likeness (QED) is 0.222. The molecule has 0 aliphatic heterocycles. The van der Waals surface area contributed by atoms with Gasteiger partial charge in [-0.15, -0.1) is 0 Å². The molecule has 0 atom stereocenters. The van der Waals surface area contributed by atoms with E-state index in [1.165, 1.54) is 0 Å². The summed E-state index contributed by atoms with van der Waals surface area (Å²) >= 11 is 0. The summed E-state index contributed by atoms with van der Waals surface area (Å²) in [5.41, 5.74) is -0.857. The van der Waals surface area contributed by atoms with Crippen LogP contribution in [0.25, 0.3) is 21.5 Å². The first kappa shape index (κ1) is 22.8. The van der Waals surface area contributed by atoms with Gasteiger partial charge in [-0.3, -0.25) is 0 Å². The lowest BCUT2D eigenvalue weighted by Gasteiger charge is -2.21. The van der Waals surface area contributed by atoms with Crippen molar-refractivity contribution >= 4 is 29.4 Å². The van der Waals surface area contributed by atoms with E-state index in [4.69, 9.17) is 13.6 Å². The maximum absolute atomic E-state index is 14.0. The molecule has 5 rings (SSSR count). The molecule has 0 N–H and O–H groups in total. The second-order valence-corrected chi connectivity index (χ2v) is 9.14. The molecule has 0 heterocycles. The first-order chi connectivity index (χ1) is 16.8. The zero-order valence-corrected chi connectivity index (χ0v) is 19.0. The molecule has 4 nitrogen and oxygen atoms in total. The van der Waals surface area contributed by atoms with Gasteiger partial charge in [0, 0.05) is 10.8 Å². The van der Waals surface area contributed by atoms with Gasteiger partial charge in [-0.05, 0) is 47.2 Å². The molecule has 8 heteroatoms. The van der Waals surface area contributed by atoms with Crippen LogP contribution in [-0.2, 0) is 10.7 Å². The van der Waals surface area contributed by atoms with E-state index < -0.39 is 19.6 Å². The summed E-state index contributed by atoms with van der Waals surface area (Å²) in [5, 5.41) is 3.04. The number of rotatable bonds is 6. The monoisotopic (exact) mass is 494 g/mol. The second kappa shape index (κ2) is 9.01. The van der Waals surface area contributed by atoms with Gasteiger partial charge < -0.3 is 13.6 Å².